The summed E-state index contributed by atoms with van der Waals surface area (Å²) in [6, 6.07) is 10.1. The molecule has 25 heavy (non-hydrogen) atoms. The first-order valence-corrected chi connectivity index (χ1v) is 8.67. The second-order valence-electron chi connectivity index (χ2n) is 6.10. The van der Waals surface area contributed by atoms with E-state index in [0.717, 1.165) is 43.7 Å². The van der Waals surface area contributed by atoms with Crippen LogP contribution in [0.5, 0.6) is 0 Å². The molecule has 2 heterocycles. The summed E-state index contributed by atoms with van der Waals surface area (Å²) < 4.78 is 3.35. The van der Waals surface area contributed by atoms with E-state index in [9.17, 15) is 4.79 Å². The van der Waals surface area contributed by atoms with E-state index in [-0.39, 0.29) is 18.1 Å². The summed E-state index contributed by atoms with van der Waals surface area (Å²) in [6.45, 7) is 4.90. The van der Waals surface area contributed by atoms with Gasteiger partial charge in [0.05, 0.1) is 6.54 Å². The van der Waals surface area contributed by atoms with Crippen LogP contribution in [0.4, 0.5) is 0 Å². The molecule has 1 aliphatic rings. The minimum Gasteiger partial charge on any atom is -0.317 e. The first-order valence-electron chi connectivity index (χ1n) is 8.67. The molecule has 0 radical (unpaired) electrons. The quantitative estimate of drug-likeness (QED) is 0.852. The van der Waals surface area contributed by atoms with Gasteiger partial charge in [0.1, 0.15) is 12.4 Å². The predicted octanol–water partition coefficient (Wildman–Crippen LogP) is 2.40. The second-order valence-corrected chi connectivity index (χ2v) is 6.10. The van der Waals surface area contributed by atoms with E-state index in [1.807, 2.05) is 41.8 Å². The summed E-state index contributed by atoms with van der Waals surface area (Å²) >= 11 is 0. The minimum absolute atomic E-state index is 0. The summed E-state index contributed by atoms with van der Waals surface area (Å²) in [5, 5.41) is 8.01. The highest BCUT2D eigenvalue weighted by Gasteiger charge is 2.23. The highest BCUT2D eigenvalue weighted by Crippen LogP contribution is 2.23. The number of aromatic nitrogens is 3. The molecular formula is C19H25ClN4O. The molecule has 0 bridgehead atoms. The van der Waals surface area contributed by atoms with Gasteiger partial charge in [-0.05, 0) is 31.5 Å². The van der Waals surface area contributed by atoms with Crippen molar-refractivity contribution in [2.45, 2.75) is 45.2 Å². The monoisotopic (exact) mass is 360 g/mol. The fraction of sp³-hybridized carbons (Fsp3) is 0.474. The molecule has 0 amide bonds. The number of rotatable bonds is 4. The van der Waals surface area contributed by atoms with Crippen LogP contribution in [0.3, 0.4) is 0 Å². The number of nitrogens with one attached hydrogen (secondary N) is 1. The van der Waals surface area contributed by atoms with Gasteiger partial charge in [-0.3, -0.25) is 4.57 Å². The van der Waals surface area contributed by atoms with Crippen molar-refractivity contribution in [3.8, 4) is 11.8 Å². The third kappa shape index (κ3) is 4.75. The van der Waals surface area contributed by atoms with Crippen molar-refractivity contribution >= 4 is 12.4 Å². The lowest BCUT2D eigenvalue weighted by Gasteiger charge is -2.22. The van der Waals surface area contributed by atoms with Gasteiger partial charge in [-0.1, -0.05) is 43.2 Å². The van der Waals surface area contributed by atoms with E-state index in [0.29, 0.717) is 19.0 Å². The summed E-state index contributed by atoms with van der Waals surface area (Å²) in [5.74, 6) is 7.28. The second kappa shape index (κ2) is 9.45. The molecule has 2 aromatic rings. The van der Waals surface area contributed by atoms with Crippen LogP contribution >= 0.6 is 12.4 Å². The van der Waals surface area contributed by atoms with Gasteiger partial charge in [-0.15, -0.1) is 18.3 Å². The minimum atomic E-state index is -0.0576. The van der Waals surface area contributed by atoms with Crippen molar-refractivity contribution in [1.82, 2.24) is 19.7 Å². The molecule has 0 aliphatic carbocycles. The molecule has 3 rings (SSSR count). The Labute approximate surface area is 154 Å². The van der Waals surface area contributed by atoms with Crippen molar-refractivity contribution in [3.63, 3.8) is 0 Å². The Bertz CT molecular complexity index is 779. The highest BCUT2D eigenvalue weighted by atomic mass is 35.5. The fourth-order valence-corrected chi connectivity index (χ4v) is 3.11. The number of halogens is 1. The maximum absolute atomic E-state index is 12.8. The first-order chi connectivity index (χ1) is 11.8. The topological polar surface area (TPSA) is 51.9 Å². The zero-order valence-electron chi connectivity index (χ0n) is 14.6. The van der Waals surface area contributed by atoms with Gasteiger partial charge in [0.15, 0.2) is 0 Å². The lowest BCUT2D eigenvalue weighted by molar-refractivity contribution is 0.431. The van der Waals surface area contributed by atoms with E-state index < -0.39 is 0 Å². The maximum Gasteiger partial charge on any atom is 0.347 e. The summed E-state index contributed by atoms with van der Waals surface area (Å²) in [6.07, 6.45) is 2.83. The molecule has 0 spiro atoms. The van der Waals surface area contributed by atoms with Crippen molar-refractivity contribution in [3.05, 3.63) is 52.2 Å². The Balaban J connectivity index is 0.00000225. The van der Waals surface area contributed by atoms with Crippen LogP contribution in [-0.4, -0.2) is 27.4 Å². The van der Waals surface area contributed by atoms with Crippen molar-refractivity contribution in [2.75, 3.05) is 13.1 Å². The van der Waals surface area contributed by atoms with Gasteiger partial charge in [-0.2, -0.15) is 5.10 Å². The van der Waals surface area contributed by atoms with E-state index in [1.165, 1.54) is 4.68 Å². The lowest BCUT2D eigenvalue weighted by Crippen LogP contribution is -2.30. The standard InChI is InChI=1S/C19H24N4O.ClH/c1-2-3-7-14-23-19(24)22(15-16-8-5-4-6-9-16)18(21-23)17-10-12-20-13-11-17;/h4-6,8-9,17,20H,2,10-15H2,1H3;1H. The van der Waals surface area contributed by atoms with Crippen LogP contribution in [0, 0.1) is 11.8 Å². The fourth-order valence-electron chi connectivity index (χ4n) is 3.11. The Hall–Kier alpha value is -2.03. The lowest BCUT2D eigenvalue weighted by atomic mass is 9.97. The molecule has 1 fully saturated rings. The molecule has 0 unspecified atom stereocenters. The molecule has 1 saturated heterocycles. The van der Waals surface area contributed by atoms with E-state index in [2.05, 4.69) is 22.3 Å². The summed E-state index contributed by atoms with van der Waals surface area (Å²) in [4.78, 5) is 12.8. The van der Waals surface area contributed by atoms with Crippen molar-refractivity contribution < 1.29 is 0 Å². The molecule has 1 aliphatic heterocycles. The molecule has 6 heteroatoms. The Morgan fingerprint density at radius 1 is 1.20 bits per heavy atom. The summed E-state index contributed by atoms with van der Waals surface area (Å²) in [5.41, 5.74) is 1.06. The van der Waals surface area contributed by atoms with E-state index in [1.54, 1.807) is 0 Å². The molecule has 134 valence electrons. The smallest absolute Gasteiger partial charge is 0.317 e. The molecule has 0 saturated carbocycles. The van der Waals surface area contributed by atoms with Gasteiger partial charge in [-0.25, -0.2) is 9.48 Å². The largest absolute Gasteiger partial charge is 0.347 e. The molecule has 1 N–H and O–H groups in total. The summed E-state index contributed by atoms with van der Waals surface area (Å²) in [7, 11) is 0. The van der Waals surface area contributed by atoms with Gasteiger partial charge in [0, 0.05) is 12.3 Å². The van der Waals surface area contributed by atoms with Gasteiger partial charge < -0.3 is 5.32 Å². The molecular weight excluding hydrogens is 336 g/mol. The molecule has 0 atom stereocenters. The van der Waals surface area contributed by atoms with Crippen LogP contribution in [0.15, 0.2) is 35.1 Å². The van der Waals surface area contributed by atoms with Crippen molar-refractivity contribution in [2.24, 2.45) is 0 Å². The Morgan fingerprint density at radius 3 is 2.60 bits per heavy atom. The van der Waals surface area contributed by atoms with E-state index >= 15 is 0 Å². The normalized spacial score (nSPS) is 14.4. The van der Waals surface area contributed by atoms with Crippen LogP contribution in [-0.2, 0) is 13.1 Å². The average molecular weight is 361 g/mol. The predicted molar refractivity (Wildman–Crippen MR) is 102 cm³/mol. The Kier molecular flexibility index (Phi) is 7.30. The average Bonchev–Trinajstić information content (AvgIpc) is 2.93. The highest BCUT2D eigenvalue weighted by molar-refractivity contribution is 5.85. The number of hydrogen-bond acceptors (Lipinski definition) is 3. The van der Waals surface area contributed by atoms with Gasteiger partial charge in [0.2, 0.25) is 0 Å². The number of benzene rings is 1. The van der Waals surface area contributed by atoms with Gasteiger partial charge in [0.25, 0.3) is 0 Å². The SMILES string of the molecule is CCC#CCn1nc(C2CCNCC2)n(Cc2ccccc2)c1=O.Cl. The van der Waals surface area contributed by atoms with Crippen molar-refractivity contribution in [1.29, 1.82) is 0 Å². The van der Waals surface area contributed by atoms with Gasteiger partial charge >= 0.3 is 5.69 Å². The molecule has 1 aromatic carbocycles. The van der Waals surface area contributed by atoms with Crippen LogP contribution in [0.1, 0.15) is 43.5 Å². The molecule has 1 aromatic heterocycles. The Morgan fingerprint density at radius 2 is 1.92 bits per heavy atom. The first kappa shape index (κ1) is 19.3. The third-order valence-electron chi connectivity index (χ3n) is 4.37. The zero-order chi connectivity index (χ0) is 16.8. The maximum atomic E-state index is 12.8. The van der Waals surface area contributed by atoms with Crippen LogP contribution < -0.4 is 11.0 Å². The van der Waals surface area contributed by atoms with Crippen LogP contribution in [0.25, 0.3) is 0 Å². The van der Waals surface area contributed by atoms with E-state index in [4.69, 9.17) is 0 Å². The third-order valence-corrected chi connectivity index (χ3v) is 4.37. The molecule has 5 nitrogen and oxygen atoms in total. The van der Waals surface area contributed by atoms with Crippen LogP contribution in [0.2, 0.25) is 0 Å². The number of nitrogens with zero attached hydrogens (tertiary/aromatic N) is 3. The number of piperidine rings is 1. The number of hydrogen-bond donors (Lipinski definition) is 1. The zero-order valence-corrected chi connectivity index (χ0v) is 15.4.